The van der Waals surface area contributed by atoms with Crippen molar-refractivity contribution < 1.29 is 29.2 Å². The smallest absolute Gasteiger partial charge is 0.357 e. The van der Waals surface area contributed by atoms with Crippen LogP contribution in [0, 0.1) is 48.1 Å². The molecule has 94 heavy (non-hydrogen) atoms. The summed E-state index contributed by atoms with van der Waals surface area (Å²) in [5.41, 5.74) is 0.464. The van der Waals surface area contributed by atoms with Crippen LogP contribution < -0.4 is 36.7 Å². The lowest BCUT2D eigenvalue weighted by Crippen LogP contribution is -2.51. The number of carbonyl (C=O) groups excluding carboxylic acids is 3. The summed E-state index contributed by atoms with van der Waals surface area (Å²) >= 11 is 2.81. The molecule has 6 fully saturated rings. The molecule has 2 aliphatic carbocycles. The number of thiophene rings is 2. The number of para-hydroxylation sites is 3. The van der Waals surface area contributed by atoms with Crippen molar-refractivity contribution in [3.8, 4) is 0 Å². The standard InChI is InChI=1S/C25H28N4O4S.C22H22N4O4S.C20H25N5O4/c30-24(21-11-6-16-34-21)27-14-12-26(13-15-27)22-19-9-4-5-10-20(19)28(25(31)23(22)29(32)33)17-18-7-2-1-3-8-18;27-21(18-6-3-13-31-18)24-11-9-23(10-12-24)19-16-4-1-2-5-17(16)25(14-15-7-8-15)22(28)20(19)26(29)30;1-22-16-5-3-2-4-15(16)17(18(20(22)27)25(28)29)23-10-12-24(13-11-23)19(26)14-6-8-21-9-7-14/h4-6,9-11,16,18H,1-3,7-8,12-15,17H2;1-6,13,15H,7-12,14H2;2-5,14,21H,6-13H2,1H3. The summed E-state index contributed by atoms with van der Waals surface area (Å²) in [6.45, 7) is 8.26. The summed E-state index contributed by atoms with van der Waals surface area (Å²) in [7, 11) is 1.55. The Morgan fingerprint density at radius 1 is 0.457 bits per heavy atom. The van der Waals surface area contributed by atoms with Gasteiger partial charge in [0.25, 0.3) is 11.8 Å². The Balaban J connectivity index is 0.000000136. The van der Waals surface area contributed by atoms with Gasteiger partial charge in [0.05, 0.1) is 41.1 Å². The van der Waals surface area contributed by atoms with Gasteiger partial charge in [-0.25, -0.2) is 0 Å². The summed E-state index contributed by atoms with van der Waals surface area (Å²) in [4.78, 5) is 124. The van der Waals surface area contributed by atoms with Gasteiger partial charge in [-0.1, -0.05) is 86.0 Å². The van der Waals surface area contributed by atoms with E-state index < -0.39 is 37.1 Å². The number of nitro groups is 3. The number of aryl methyl sites for hydroxylation is 1. The number of anilines is 3. The first-order chi connectivity index (χ1) is 45.6. The molecule has 492 valence electrons. The van der Waals surface area contributed by atoms with Crippen molar-refractivity contribution in [1.29, 1.82) is 0 Å². The van der Waals surface area contributed by atoms with Crippen molar-refractivity contribution in [2.45, 2.75) is 70.9 Å². The lowest BCUT2D eigenvalue weighted by Gasteiger charge is -2.38. The number of hydrogen-bond acceptors (Lipinski definition) is 18. The molecule has 5 aromatic heterocycles. The molecule has 4 aliphatic heterocycles. The van der Waals surface area contributed by atoms with E-state index in [1.54, 1.807) is 38.1 Å². The topological polar surface area (TPSA) is 278 Å². The van der Waals surface area contributed by atoms with Crippen LogP contribution in [0.4, 0.5) is 34.1 Å². The normalized spacial score (nSPS) is 17.4. The van der Waals surface area contributed by atoms with Gasteiger partial charge in [0, 0.05) is 121 Å². The van der Waals surface area contributed by atoms with Crippen LogP contribution in [0.5, 0.6) is 0 Å². The van der Waals surface area contributed by atoms with Crippen LogP contribution in [0.1, 0.15) is 77.1 Å². The number of nitrogens with one attached hydrogen (secondary N) is 1. The third-order valence-electron chi connectivity index (χ3n) is 19.2. The van der Waals surface area contributed by atoms with Gasteiger partial charge in [0.2, 0.25) is 5.91 Å². The van der Waals surface area contributed by atoms with Crippen molar-refractivity contribution in [2.24, 2.45) is 24.8 Å². The summed E-state index contributed by atoms with van der Waals surface area (Å²) in [6, 6.07) is 29.5. The molecular formula is C67H75N13O12S2. The molecule has 9 heterocycles. The van der Waals surface area contributed by atoms with E-state index in [1.807, 2.05) is 115 Å². The summed E-state index contributed by atoms with van der Waals surface area (Å²) in [5, 5.41) is 45.1. The minimum Gasteiger partial charge on any atom is -0.362 e. The molecule has 8 aromatic rings. The molecule has 0 atom stereocenters. The largest absolute Gasteiger partial charge is 0.362 e. The van der Waals surface area contributed by atoms with Crippen molar-refractivity contribution >= 4 is 107 Å². The van der Waals surface area contributed by atoms with Crippen LogP contribution in [-0.4, -0.2) is 153 Å². The third-order valence-corrected chi connectivity index (χ3v) is 20.9. The van der Waals surface area contributed by atoms with Crippen molar-refractivity contribution in [2.75, 3.05) is 106 Å². The van der Waals surface area contributed by atoms with Crippen molar-refractivity contribution in [1.82, 2.24) is 33.7 Å². The molecule has 14 rings (SSSR count). The quantitative estimate of drug-likeness (QED) is 0.0832. The van der Waals surface area contributed by atoms with E-state index in [-0.39, 0.29) is 35.0 Å². The Morgan fingerprint density at radius 3 is 1.22 bits per heavy atom. The highest BCUT2D eigenvalue weighted by atomic mass is 32.1. The molecule has 0 unspecified atom stereocenters. The number of fused-ring (bicyclic) bond motifs is 3. The monoisotopic (exact) mass is 1320 g/mol. The molecule has 2 saturated carbocycles. The molecule has 4 saturated heterocycles. The number of nitrogens with zero attached hydrogens (tertiary/aromatic N) is 12. The number of hydrogen-bond donors (Lipinski definition) is 1. The first-order valence-corrected chi connectivity index (χ1v) is 34.1. The zero-order valence-electron chi connectivity index (χ0n) is 52.4. The van der Waals surface area contributed by atoms with Gasteiger partial charge in [-0.2, -0.15) is 0 Å². The van der Waals surface area contributed by atoms with E-state index in [1.165, 1.54) is 33.7 Å². The number of aromatic nitrogens is 3. The average molecular weight is 1320 g/mol. The van der Waals surface area contributed by atoms with Gasteiger partial charge in [-0.15, -0.1) is 22.7 Å². The molecule has 0 spiro atoms. The molecular weight excluding hydrogens is 1240 g/mol. The summed E-state index contributed by atoms with van der Waals surface area (Å²) in [5.74, 6) is 0.979. The molecule has 6 aliphatic rings. The maximum absolute atomic E-state index is 13.5. The number of piperidine rings is 1. The molecule has 1 N–H and O–H groups in total. The van der Waals surface area contributed by atoms with E-state index in [0.717, 1.165) is 80.9 Å². The first-order valence-electron chi connectivity index (χ1n) is 32.3. The lowest BCUT2D eigenvalue weighted by molar-refractivity contribution is -0.385. The Labute approximate surface area is 548 Å². The van der Waals surface area contributed by atoms with E-state index in [4.69, 9.17) is 0 Å². The Hall–Kier alpha value is -9.34. The predicted octanol–water partition coefficient (Wildman–Crippen LogP) is 8.95. The average Bonchev–Trinajstić information content (AvgIpc) is 0.991. The van der Waals surface area contributed by atoms with Crippen molar-refractivity contribution in [3.63, 3.8) is 0 Å². The van der Waals surface area contributed by atoms with Gasteiger partial charge in [-0.05, 0) is 105 Å². The minimum absolute atomic E-state index is 0.0168. The highest BCUT2D eigenvalue weighted by Gasteiger charge is 2.38. The number of carbonyl (C=O) groups is 3. The molecule has 0 radical (unpaired) electrons. The van der Waals surface area contributed by atoms with E-state index >= 15 is 0 Å². The predicted molar refractivity (Wildman–Crippen MR) is 364 cm³/mol. The van der Waals surface area contributed by atoms with Crippen LogP contribution in [0.3, 0.4) is 0 Å². The van der Waals surface area contributed by atoms with Crippen LogP contribution >= 0.6 is 22.7 Å². The SMILES string of the molecule is Cn1c(=O)c([N+](=O)[O-])c(N2CCN(C(=O)C3CCNCC3)CC2)c2ccccc21.O=C(c1cccs1)N1CCN(c2c([N+](=O)[O-])c(=O)n(CC3CC3)c3ccccc23)CC1.O=C(c1cccs1)N1CCN(c2c([N+](=O)[O-])c(=O)n(CC3CCCCC3)c3ccccc23)CC1. The third kappa shape index (κ3) is 13.4. The fraction of sp³-hybridized carbons (Fsp3) is 0.433. The van der Waals surface area contributed by atoms with Crippen LogP contribution in [-0.2, 0) is 24.9 Å². The summed E-state index contributed by atoms with van der Waals surface area (Å²) < 4.78 is 4.53. The number of amides is 3. The van der Waals surface area contributed by atoms with Crippen molar-refractivity contribution in [3.05, 3.63) is 179 Å². The highest BCUT2D eigenvalue weighted by molar-refractivity contribution is 7.12. The van der Waals surface area contributed by atoms with Gasteiger partial charge >= 0.3 is 33.7 Å². The zero-order chi connectivity index (χ0) is 65.7. The Bertz CT molecular complexity index is 4340. The summed E-state index contributed by atoms with van der Waals surface area (Å²) in [6.07, 6.45) is 9.41. The van der Waals surface area contributed by atoms with E-state index in [0.29, 0.717) is 147 Å². The van der Waals surface area contributed by atoms with E-state index in [9.17, 15) is 59.1 Å². The highest BCUT2D eigenvalue weighted by Crippen LogP contribution is 2.40. The van der Waals surface area contributed by atoms with Gasteiger partial charge in [0.1, 0.15) is 17.1 Å². The van der Waals surface area contributed by atoms with Crippen LogP contribution in [0.15, 0.2) is 122 Å². The minimum atomic E-state index is -0.614. The Kier molecular flexibility index (Phi) is 19.6. The number of pyridine rings is 3. The first kappa shape index (κ1) is 64.8. The Morgan fingerprint density at radius 2 is 0.830 bits per heavy atom. The molecule has 27 heteroatoms. The fourth-order valence-corrected chi connectivity index (χ4v) is 15.5. The molecule has 0 bridgehead atoms. The number of benzene rings is 3. The number of piperazine rings is 3. The van der Waals surface area contributed by atoms with E-state index in [2.05, 4.69) is 5.32 Å². The van der Waals surface area contributed by atoms with Gasteiger partial charge in [-0.3, -0.25) is 59.1 Å². The maximum atomic E-state index is 13.5. The van der Waals surface area contributed by atoms with Gasteiger partial charge < -0.3 is 48.4 Å². The molecule has 3 amide bonds. The lowest BCUT2D eigenvalue weighted by atomic mass is 9.89. The van der Waals surface area contributed by atoms with Crippen LogP contribution in [0.25, 0.3) is 32.7 Å². The van der Waals surface area contributed by atoms with Gasteiger partial charge in [0.15, 0.2) is 0 Å². The number of rotatable bonds is 13. The zero-order valence-corrected chi connectivity index (χ0v) is 54.0. The second-order valence-corrected chi connectivity index (χ2v) is 26.8. The molecule has 3 aromatic carbocycles. The van der Waals surface area contributed by atoms with Crippen LogP contribution in [0.2, 0.25) is 0 Å². The second kappa shape index (κ2) is 28.5. The fourth-order valence-electron chi connectivity index (χ4n) is 14.1. The second-order valence-electron chi connectivity index (χ2n) is 24.9. The maximum Gasteiger partial charge on any atom is 0.357 e. The molecule has 25 nitrogen and oxygen atoms in total.